The van der Waals surface area contributed by atoms with Crippen molar-refractivity contribution in [2.75, 3.05) is 27.3 Å². The lowest BCUT2D eigenvalue weighted by Gasteiger charge is -2.36. The summed E-state index contributed by atoms with van der Waals surface area (Å²) >= 11 is 0. The van der Waals surface area contributed by atoms with Crippen molar-refractivity contribution in [1.29, 1.82) is 0 Å². The second-order valence-electron chi connectivity index (χ2n) is 6.69. The van der Waals surface area contributed by atoms with Crippen molar-refractivity contribution in [3.8, 4) is 11.5 Å². The number of rotatable bonds is 6. The maximum absolute atomic E-state index is 11.0. The third-order valence-electron chi connectivity index (χ3n) is 5.18. The molecule has 7 heteroatoms. The van der Waals surface area contributed by atoms with E-state index in [-0.39, 0.29) is 11.7 Å². The molecule has 0 radical (unpaired) electrons. The highest BCUT2D eigenvalue weighted by molar-refractivity contribution is 5.49. The number of nitro benzene ring substituents is 1. The van der Waals surface area contributed by atoms with Crippen molar-refractivity contribution in [2.24, 2.45) is 0 Å². The Morgan fingerprint density at radius 2 is 1.96 bits per heavy atom. The van der Waals surface area contributed by atoms with E-state index in [9.17, 15) is 15.2 Å². The van der Waals surface area contributed by atoms with Crippen molar-refractivity contribution < 1.29 is 19.5 Å². The first-order valence-electron chi connectivity index (χ1n) is 8.85. The van der Waals surface area contributed by atoms with Crippen molar-refractivity contribution in [2.45, 2.75) is 25.5 Å². The summed E-state index contributed by atoms with van der Waals surface area (Å²) in [5.41, 5.74) is 2.89. The number of benzene rings is 2. The first kappa shape index (κ1) is 19.1. The van der Waals surface area contributed by atoms with Crippen LogP contribution in [0.15, 0.2) is 36.4 Å². The third-order valence-corrected chi connectivity index (χ3v) is 5.18. The van der Waals surface area contributed by atoms with Crippen molar-refractivity contribution in [3.63, 3.8) is 0 Å². The van der Waals surface area contributed by atoms with Gasteiger partial charge in [0.25, 0.3) is 5.69 Å². The summed E-state index contributed by atoms with van der Waals surface area (Å²) in [7, 11) is 3.24. The minimum absolute atomic E-state index is 0.0135. The number of aliphatic hydroxyl groups excluding tert-OH is 1. The van der Waals surface area contributed by atoms with Gasteiger partial charge in [0.2, 0.25) is 0 Å². The van der Waals surface area contributed by atoms with Gasteiger partial charge in [0.1, 0.15) is 0 Å². The molecule has 1 aliphatic heterocycles. The van der Waals surface area contributed by atoms with Gasteiger partial charge in [-0.25, -0.2) is 0 Å². The number of hydrogen-bond acceptors (Lipinski definition) is 6. The van der Waals surface area contributed by atoms with Gasteiger partial charge in [0.15, 0.2) is 11.5 Å². The van der Waals surface area contributed by atoms with Crippen LogP contribution in [-0.2, 0) is 6.42 Å². The number of nitrogens with zero attached hydrogens (tertiary/aromatic N) is 2. The molecule has 0 bridgehead atoms. The number of fused-ring (bicyclic) bond motifs is 1. The molecule has 27 heavy (non-hydrogen) atoms. The fourth-order valence-corrected chi connectivity index (χ4v) is 3.62. The molecule has 0 aliphatic carbocycles. The van der Waals surface area contributed by atoms with E-state index in [1.54, 1.807) is 26.4 Å². The van der Waals surface area contributed by atoms with Gasteiger partial charge in [0.05, 0.1) is 25.2 Å². The predicted octanol–water partition coefficient (Wildman–Crippen LogP) is 3.26. The van der Waals surface area contributed by atoms with E-state index in [0.717, 1.165) is 18.5 Å². The molecule has 0 fully saturated rings. The highest BCUT2D eigenvalue weighted by Gasteiger charge is 2.28. The third kappa shape index (κ3) is 3.89. The van der Waals surface area contributed by atoms with E-state index >= 15 is 0 Å². The highest BCUT2D eigenvalue weighted by Crippen LogP contribution is 2.38. The molecule has 0 aromatic heterocycles. The van der Waals surface area contributed by atoms with Crippen LogP contribution in [0.4, 0.5) is 5.69 Å². The Balaban J connectivity index is 1.80. The van der Waals surface area contributed by atoms with Gasteiger partial charge >= 0.3 is 0 Å². The lowest BCUT2D eigenvalue weighted by Crippen LogP contribution is -2.37. The van der Waals surface area contributed by atoms with Crippen LogP contribution in [0.2, 0.25) is 0 Å². The Morgan fingerprint density at radius 1 is 1.26 bits per heavy atom. The maximum Gasteiger partial charge on any atom is 0.269 e. The molecule has 1 heterocycles. The van der Waals surface area contributed by atoms with Crippen LogP contribution in [-0.4, -0.2) is 42.2 Å². The van der Waals surface area contributed by atoms with Crippen LogP contribution in [0.1, 0.15) is 35.8 Å². The molecule has 2 aromatic carbocycles. The zero-order valence-corrected chi connectivity index (χ0v) is 15.7. The van der Waals surface area contributed by atoms with Crippen LogP contribution in [0, 0.1) is 10.1 Å². The van der Waals surface area contributed by atoms with E-state index in [4.69, 9.17) is 9.47 Å². The van der Waals surface area contributed by atoms with Gasteiger partial charge in [0, 0.05) is 31.3 Å². The van der Waals surface area contributed by atoms with E-state index in [0.29, 0.717) is 23.6 Å². The maximum atomic E-state index is 11.0. The second-order valence-corrected chi connectivity index (χ2v) is 6.69. The van der Waals surface area contributed by atoms with Crippen LogP contribution in [0.3, 0.4) is 0 Å². The summed E-state index contributed by atoms with van der Waals surface area (Å²) in [6, 6.07) is 10.3. The van der Waals surface area contributed by atoms with Crippen molar-refractivity contribution in [1.82, 2.24) is 4.90 Å². The number of methoxy groups -OCH3 is 2. The lowest BCUT2D eigenvalue weighted by molar-refractivity contribution is -0.385. The van der Waals surface area contributed by atoms with Crippen LogP contribution < -0.4 is 9.47 Å². The summed E-state index contributed by atoms with van der Waals surface area (Å²) in [4.78, 5) is 12.7. The smallest absolute Gasteiger partial charge is 0.269 e. The number of aliphatic hydroxyl groups is 1. The Kier molecular flexibility index (Phi) is 5.62. The van der Waals surface area contributed by atoms with Gasteiger partial charge < -0.3 is 14.6 Å². The fourth-order valence-electron chi connectivity index (χ4n) is 3.62. The van der Waals surface area contributed by atoms with E-state index in [2.05, 4.69) is 11.8 Å². The quantitative estimate of drug-likeness (QED) is 0.619. The Bertz CT molecular complexity index is 839. The molecule has 3 rings (SSSR count). The predicted molar refractivity (Wildman–Crippen MR) is 101 cm³/mol. The first-order chi connectivity index (χ1) is 12.9. The molecule has 2 aromatic rings. The number of ether oxygens (including phenoxy) is 2. The zero-order valence-electron chi connectivity index (χ0n) is 15.7. The summed E-state index contributed by atoms with van der Waals surface area (Å²) in [6.07, 6.45) is 0.0378. The molecule has 0 spiro atoms. The summed E-state index contributed by atoms with van der Waals surface area (Å²) in [6.45, 7) is 3.27. The number of nitro groups is 1. The normalized spacial score (nSPS) is 17.9. The summed E-state index contributed by atoms with van der Waals surface area (Å²) in [5, 5.41) is 21.6. The van der Waals surface area contributed by atoms with E-state index < -0.39 is 11.0 Å². The second kappa shape index (κ2) is 7.94. The molecular formula is C20H24N2O5. The van der Waals surface area contributed by atoms with Gasteiger partial charge in [-0.3, -0.25) is 15.0 Å². The number of non-ortho nitro benzene ring substituents is 1. The molecule has 144 valence electrons. The van der Waals surface area contributed by atoms with Crippen molar-refractivity contribution in [3.05, 3.63) is 63.2 Å². The highest BCUT2D eigenvalue weighted by atomic mass is 16.6. The standard InChI is InChI=1S/C20H24N2O5/c1-13-17-11-20(27-3)19(26-2)10-14(17)7-8-21(13)12-18(23)15-5-4-6-16(9-15)22(24)25/h4-6,9-11,13,18,23H,7-8,12H2,1-3H3/t13-,18?/m0/s1. The Labute approximate surface area is 158 Å². The average Bonchev–Trinajstić information content (AvgIpc) is 2.69. The fraction of sp³-hybridized carbons (Fsp3) is 0.400. The van der Waals surface area contributed by atoms with Crippen LogP contribution in [0.5, 0.6) is 11.5 Å². The number of hydrogen-bond donors (Lipinski definition) is 1. The molecule has 0 saturated carbocycles. The average molecular weight is 372 g/mol. The lowest BCUT2D eigenvalue weighted by atomic mass is 9.92. The number of β-amino-alcohol motifs (C(OH)–C–C–N with tert-alkyl or cyclic N) is 1. The van der Waals surface area contributed by atoms with Crippen LogP contribution in [0.25, 0.3) is 0 Å². The van der Waals surface area contributed by atoms with E-state index in [1.165, 1.54) is 17.7 Å². The SMILES string of the molecule is COc1cc2c(cc1OC)[C@H](C)N(CC(O)c1cccc([N+](=O)[O-])c1)CC2. The molecule has 1 aliphatic rings. The Morgan fingerprint density at radius 3 is 2.63 bits per heavy atom. The molecule has 0 saturated heterocycles. The Hall–Kier alpha value is -2.64. The minimum atomic E-state index is -0.797. The summed E-state index contributed by atoms with van der Waals surface area (Å²) in [5.74, 6) is 1.40. The first-order valence-corrected chi connectivity index (χ1v) is 8.85. The summed E-state index contributed by atoms with van der Waals surface area (Å²) < 4.78 is 10.8. The minimum Gasteiger partial charge on any atom is -0.493 e. The molecule has 2 atom stereocenters. The zero-order chi connectivity index (χ0) is 19.6. The largest absolute Gasteiger partial charge is 0.493 e. The molecule has 0 amide bonds. The van der Waals surface area contributed by atoms with Gasteiger partial charge in [-0.1, -0.05) is 12.1 Å². The molecule has 7 nitrogen and oxygen atoms in total. The van der Waals surface area contributed by atoms with Gasteiger partial charge in [-0.15, -0.1) is 0 Å². The molecular weight excluding hydrogens is 348 g/mol. The topological polar surface area (TPSA) is 85.1 Å². The van der Waals surface area contributed by atoms with Gasteiger partial charge in [-0.2, -0.15) is 0 Å². The van der Waals surface area contributed by atoms with E-state index in [1.807, 2.05) is 12.1 Å². The van der Waals surface area contributed by atoms with Gasteiger partial charge in [-0.05, 0) is 42.2 Å². The monoisotopic (exact) mass is 372 g/mol. The molecule has 1 unspecified atom stereocenters. The van der Waals surface area contributed by atoms with Crippen molar-refractivity contribution >= 4 is 5.69 Å². The molecule has 1 N–H and O–H groups in total. The van der Waals surface area contributed by atoms with Crippen LogP contribution >= 0.6 is 0 Å².